The van der Waals surface area contributed by atoms with Gasteiger partial charge in [-0.3, -0.25) is 9.59 Å². The number of benzene rings is 2. The number of aromatic nitrogens is 2. The Bertz CT molecular complexity index is 1400. The average Bonchev–Trinajstić information content (AvgIpc) is 3.13. The maximum absolute atomic E-state index is 13.3. The zero-order valence-corrected chi connectivity index (χ0v) is 19.3. The number of hydrogen-bond donors (Lipinski definition) is 1. The van der Waals surface area contributed by atoms with Crippen molar-refractivity contribution in [3.05, 3.63) is 79.9 Å². The third-order valence-electron chi connectivity index (χ3n) is 6.22. The fourth-order valence-electron chi connectivity index (χ4n) is 4.60. The first-order chi connectivity index (χ1) is 15.5. The highest BCUT2D eigenvalue weighted by atomic mass is 32.1. The van der Waals surface area contributed by atoms with Crippen molar-refractivity contribution < 1.29 is 4.79 Å². The van der Waals surface area contributed by atoms with E-state index in [9.17, 15) is 9.59 Å². The van der Waals surface area contributed by atoms with Crippen molar-refractivity contribution in [1.82, 2.24) is 9.97 Å². The minimum atomic E-state index is -0.105. The lowest BCUT2D eigenvalue weighted by atomic mass is 9.98. The van der Waals surface area contributed by atoms with Gasteiger partial charge in [-0.1, -0.05) is 36.8 Å². The number of hydrogen-bond acceptors (Lipinski definition) is 4. The predicted octanol–water partition coefficient (Wildman–Crippen LogP) is 5.42. The van der Waals surface area contributed by atoms with Crippen LogP contribution in [0.2, 0.25) is 0 Å². The van der Waals surface area contributed by atoms with Gasteiger partial charge < -0.3 is 9.88 Å². The summed E-state index contributed by atoms with van der Waals surface area (Å²) in [5, 5.41) is 0.699. The number of nitrogens with one attached hydrogen (secondary N) is 1. The Morgan fingerprint density at radius 2 is 1.94 bits per heavy atom. The van der Waals surface area contributed by atoms with Crippen LogP contribution in [-0.4, -0.2) is 22.4 Å². The summed E-state index contributed by atoms with van der Waals surface area (Å²) >= 11 is 1.56. The van der Waals surface area contributed by atoms with Crippen LogP contribution in [0.25, 0.3) is 21.6 Å². The van der Waals surface area contributed by atoms with E-state index in [1.807, 2.05) is 42.2 Å². The number of carbonyl (C=O) groups is 1. The van der Waals surface area contributed by atoms with E-state index >= 15 is 0 Å². The van der Waals surface area contributed by atoms with Crippen molar-refractivity contribution >= 4 is 33.1 Å². The van der Waals surface area contributed by atoms with Crippen LogP contribution >= 0.6 is 11.3 Å². The normalized spacial score (nSPS) is 13.4. The number of H-pyrrole nitrogens is 1. The van der Waals surface area contributed by atoms with Crippen LogP contribution in [0.15, 0.2) is 47.3 Å². The zero-order chi connectivity index (χ0) is 22.4. The Labute approximate surface area is 190 Å². The molecule has 6 heteroatoms. The van der Waals surface area contributed by atoms with Crippen molar-refractivity contribution in [2.24, 2.45) is 0 Å². The Kier molecular flexibility index (Phi) is 5.18. The summed E-state index contributed by atoms with van der Waals surface area (Å²) in [5.41, 5.74) is 5.84. The van der Waals surface area contributed by atoms with E-state index in [0.29, 0.717) is 16.8 Å². The third kappa shape index (κ3) is 3.45. The van der Waals surface area contributed by atoms with E-state index in [0.717, 1.165) is 52.3 Å². The molecule has 0 fully saturated rings. The summed E-state index contributed by atoms with van der Waals surface area (Å²) in [6.07, 6.45) is 2.78. The number of aromatic amines is 1. The molecule has 1 N–H and O–H groups in total. The van der Waals surface area contributed by atoms with Gasteiger partial charge in [0.15, 0.2) is 0 Å². The molecule has 162 valence electrons. The van der Waals surface area contributed by atoms with Crippen LogP contribution in [0.5, 0.6) is 0 Å². The van der Waals surface area contributed by atoms with Crippen molar-refractivity contribution in [2.75, 3.05) is 11.4 Å². The van der Waals surface area contributed by atoms with Gasteiger partial charge in [-0.25, -0.2) is 4.98 Å². The van der Waals surface area contributed by atoms with E-state index in [1.165, 1.54) is 11.1 Å². The van der Waals surface area contributed by atoms with Crippen LogP contribution in [0.3, 0.4) is 0 Å². The third-order valence-corrected chi connectivity index (χ3v) is 7.26. The summed E-state index contributed by atoms with van der Waals surface area (Å²) < 4.78 is 0. The SMILES string of the molecule is CCc1c(C)sc2nc(-c3ccc(C(=O)N4CCCc5cc(C)ccc54)cc3)[nH]c(=O)c12. The molecule has 0 bridgehead atoms. The molecule has 4 aromatic rings. The number of amides is 1. The second-order valence-electron chi connectivity index (χ2n) is 8.35. The first kappa shape index (κ1) is 20.6. The molecule has 1 amide bonds. The van der Waals surface area contributed by atoms with Gasteiger partial charge in [-0.2, -0.15) is 0 Å². The maximum atomic E-state index is 13.3. The van der Waals surface area contributed by atoms with E-state index < -0.39 is 0 Å². The molecule has 0 saturated carbocycles. The quantitative estimate of drug-likeness (QED) is 0.459. The Balaban J connectivity index is 1.46. The highest BCUT2D eigenvalue weighted by molar-refractivity contribution is 7.18. The van der Waals surface area contributed by atoms with Gasteiger partial charge in [0.2, 0.25) is 0 Å². The van der Waals surface area contributed by atoms with E-state index in [2.05, 4.69) is 31.0 Å². The highest BCUT2D eigenvalue weighted by Crippen LogP contribution is 2.31. The average molecular weight is 444 g/mol. The smallest absolute Gasteiger partial charge is 0.260 e. The topological polar surface area (TPSA) is 66.1 Å². The molecule has 1 aliphatic heterocycles. The molecule has 5 nitrogen and oxygen atoms in total. The Morgan fingerprint density at radius 1 is 1.16 bits per heavy atom. The van der Waals surface area contributed by atoms with E-state index in [4.69, 9.17) is 4.98 Å². The monoisotopic (exact) mass is 443 g/mol. The summed E-state index contributed by atoms with van der Waals surface area (Å²) in [7, 11) is 0. The summed E-state index contributed by atoms with van der Waals surface area (Å²) in [4.78, 5) is 37.4. The lowest BCUT2D eigenvalue weighted by Crippen LogP contribution is -2.35. The molecule has 5 rings (SSSR count). The molecule has 0 aliphatic carbocycles. The number of aryl methyl sites for hydroxylation is 4. The molecular formula is C26H25N3O2S. The van der Waals surface area contributed by atoms with Crippen LogP contribution < -0.4 is 10.5 Å². The van der Waals surface area contributed by atoms with Crippen molar-refractivity contribution in [1.29, 1.82) is 0 Å². The number of nitrogens with zero attached hydrogens (tertiary/aromatic N) is 2. The first-order valence-electron chi connectivity index (χ1n) is 11.0. The zero-order valence-electron chi connectivity index (χ0n) is 18.5. The van der Waals surface area contributed by atoms with Crippen LogP contribution in [-0.2, 0) is 12.8 Å². The molecular weight excluding hydrogens is 418 g/mol. The van der Waals surface area contributed by atoms with Gasteiger partial charge in [-0.05, 0) is 62.4 Å². The summed E-state index contributed by atoms with van der Waals surface area (Å²) in [6, 6.07) is 13.6. The Morgan fingerprint density at radius 3 is 2.69 bits per heavy atom. The van der Waals surface area contributed by atoms with Crippen molar-refractivity contribution in [3.8, 4) is 11.4 Å². The second kappa shape index (κ2) is 8.02. The van der Waals surface area contributed by atoms with Crippen LogP contribution in [0.4, 0.5) is 5.69 Å². The first-order valence-corrected chi connectivity index (χ1v) is 11.8. The second-order valence-corrected chi connectivity index (χ2v) is 9.56. The maximum Gasteiger partial charge on any atom is 0.260 e. The van der Waals surface area contributed by atoms with Gasteiger partial charge in [0.25, 0.3) is 11.5 Å². The molecule has 0 spiro atoms. The lowest BCUT2D eigenvalue weighted by molar-refractivity contribution is 0.0985. The molecule has 0 unspecified atom stereocenters. The fourth-order valence-corrected chi connectivity index (χ4v) is 5.72. The molecule has 1 aliphatic rings. The lowest BCUT2D eigenvalue weighted by Gasteiger charge is -2.30. The van der Waals surface area contributed by atoms with E-state index in [1.54, 1.807) is 11.3 Å². The molecule has 2 aromatic carbocycles. The standard InChI is InChI=1S/C26H25N3O2S/c1-4-20-16(3)32-25-22(20)24(30)27-23(28-25)17-8-10-18(11-9-17)26(31)29-13-5-6-19-14-15(2)7-12-21(19)29/h7-12,14H,4-6,13H2,1-3H3,(H,27,28,30). The molecule has 2 aromatic heterocycles. The summed E-state index contributed by atoms with van der Waals surface area (Å²) in [5.74, 6) is 0.531. The largest absolute Gasteiger partial charge is 0.308 e. The minimum Gasteiger partial charge on any atom is -0.308 e. The predicted molar refractivity (Wildman–Crippen MR) is 131 cm³/mol. The number of fused-ring (bicyclic) bond motifs is 2. The molecule has 3 heterocycles. The van der Waals surface area contributed by atoms with Gasteiger partial charge in [0.1, 0.15) is 10.7 Å². The Hall–Kier alpha value is -3.25. The van der Waals surface area contributed by atoms with Gasteiger partial charge >= 0.3 is 0 Å². The fraction of sp³-hybridized carbons (Fsp3) is 0.269. The molecule has 0 atom stereocenters. The van der Waals surface area contributed by atoms with Crippen molar-refractivity contribution in [3.63, 3.8) is 0 Å². The van der Waals surface area contributed by atoms with Crippen molar-refractivity contribution in [2.45, 2.75) is 40.0 Å². The van der Waals surface area contributed by atoms with Crippen LogP contribution in [0.1, 0.15) is 45.3 Å². The molecule has 0 saturated heterocycles. The highest BCUT2D eigenvalue weighted by Gasteiger charge is 2.23. The number of anilines is 1. The van der Waals surface area contributed by atoms with Crippen LogP contribution in [0, 0.1) is 13.8 Å². The minimum absolute atomic E-state index is 0.000253. The number of thiophene rings is 1. The molecule has 32 heavy (non-hydrogen) atoms. The number of carbonyl (C=O) groups excluding carboxylic acids is 1. The van der Waals surface area contributed by atoms with Gasteiger partial charge in [-0.15, -0.1) is 11.3 Å². The summed E-state index contributed by atoms with van der Waals surface area (Å²) in [6.45, 7) is 6.89. The van der Waals surface area contributed by atoms with Gasteiger partial charge in [0, 0.05) is 28.2 Å². The van der Waals surface area contributed by atoms with E-state index in [-0.39, 0.29) is 11.5 Å². The molecule has 0 radical (unpaired) electrons. The number of rotatable bonds is 3. The van der Waals surface area contributed by atoms with Gasteiger partial charge in [0.05, 0.1) is 5.39 Å².